The van der Waals surface area contributed by atoms with Crippen molar-refractivity contribution >= 4 is 10.0 Å². The highest BCUT2D eigenvalue weighted by atomic mass is 32.2. The summed E-state index contributed by atoms with van der Waals surface area (Å²) >= 11 is 0. The van der Waals surface area contributed by atoms with E-state index in [1.54, 1.807) is 4.89 Å². The van der Waals surface area contributed by atoms with Gasteiger partial charge < -0.3 is 0 Å². The van der Waals surface area contributed by atoms with E-state index in [0.717, 1.165) is 7.11 Å². The highest BCUT2D eigenvalue weighted by Crippen LogP contribution is 2.21. The summed E-state index contributed by atoms with van der Waals surface area (Å²) in [7, 11) is -2.66. The summed E-state index contributed by atoms with van der Waals surface area (Å²) in [6.45, 7) is 0. The standard InChI is InChI=1S/C5H10F3NO3S/c1-12-9-13(10,11)4-2-3-5(6,7)8/h9H,2-4H2,1H3. The highest BCUT2D eigenvalue weighted by molar-refractivity contribution is 7.89. The van der Waals surface area contributed by atoms with E-state index < -0.39 is 34.8 Å². The molecule has 0 fully saturated rings. The molecule has 0 radical (unpaired) electrons. The van der Waals surface area contributed by atoms with Crippen molar-refractivity contribution in [3.8, 4) is 0 Å². The Morgan fingerprint density at radius 3 is 2.31 bits per heavy atom. The molecule has 80 valence electrons. The van der Waals surface area contributed by atoms with Crippen LogP contribution in [0, 0.1) is 0 Å². The fraction of sp³-hybridized carbons (Fsp3) is 1.00. The van der Waals surface area contributed by atoms with Crippen molar-refractivity contribution in [2.45, 2.75) is 19.0 Å². The molecule has 0 bridgehead atoms. The van der Waals surface area contributed by atoms with Gasteiger partial charge in [-0.15, -0.1) is 0 Å². The molecule has 0 amide bonds. The smallest absolute Gasteiger partial charge is 0.290 e. The second-order valence-corrected chi connectivity index (χ2v) is 4.13. The summed E-state index contributed by atoms with van der Waals surface area (Å²) in [5.74, 6) is -0.597. The van der Waals surface area contributed by atoms with Gasteiger partial charge in [-0.25, -0.2) is 8.42 Å². The van der Waals surface area contributed by atoms with Crippen molar-refractivity contribution < 1.29 is 26.4 Å². The van der Waals surface area contributed by atoms with Gasteiger partial charge >= 0.3 is 6.18 Å². The van der Waals surface area contributed by atoms with Crippen LogP contribution in [0.5, 0.6) is 0 Å². The Labute approximate surface area is 74.1 Å². The van der Waals surface area contributed by atoms with Gasteiger partial charge in [0.1, 0.15) is 0 Å². The molecular formula is C5H10F3NO3S. The molecule has 0 aromatic carbocycles. The van der Waals surface area contributed by atoms with Gasteiger partial charge in [-0.1, -0.05) is 4.89 Å². The Bertz CT molecular complexity index is 236. The van der Waals surface area contributed by atoms with Crippen LogP contribution < -0.4 is 4.89 Å². The molecule has 1 N–H and O–H groups in total. The zero-order valence-electron chi connectivity index (χ0n) is 6.89. The molecule has 8 heteroatoms. The van der Waals surface area contributed by atoms with Crippen LogP contribution in [-0.4, -0.2) is 27.5 Å². The molecule has 0 saturated heterocycles. The van der Waals surface area contributed by atoms with Gasteiger partial charge in [0.25, 0.3) is 0 Å². The molecule has 13 heavy (non-hydrogen) atoms. The van der Waals surface area contributed by atoms with Crippen molar-refractivity contribution in [3.63, 3.8) is 0 Å². The Morgan fingerprint density at radius 1 is 1.38 bits per heavy atom. The number of sulfonamides is 1. The molecule has 0 atom stereocenters. The van der Waals surface area contributed by atoms with Crippen molar-refractivity contribution in [1.82, 2.24) is 4.89 Å². The Kier molecular flexibility index (Phi) is 4.65. The van der Waals surface area contributed by atoms with E-state index in [1.165, 1.54) is 0 Å². The van der Waals surface area contributed by atoms with Crippen molar-refractivity contribution in [1.29, 1.82) is 0 Å². The van der Waals surface area contributed by atoms with Crippen LogP contribution in [0.3, 0.4) is 0 Å². The van der Waals surface area contributed by atoms with E-state index >= 15 is 0 Å². The van der Waals surface area contributed by atoms with E-state index in [1.807, 2.05) is 0 Å². The monoisotopic (exact) mass is 221 g/mol. The average Bonchev–Trinajstić information content (AvgIpc) is 1.82. The third kappa shape index (κ3) is 8.00. The van der Waals surface area contributed by atoms with Gasteiger partial charge in [0.05, 0.1) is 12.9 Å². The first-order valence-electron chi connectivity index (χ1n) is 3.36. The minimum atomic E-state index is -4.32. The molecule has 4 nitrogen and oxygen atoms in total. The van der Waals surface area contributed by atoms with Crippen molar-refractivity contribution in [2.24, 2.45) is 0 Å². The highest BCUT2D eigenvalue weighted by Gasteiger charge is 2.27. The molecule has 0 aliphatic rings. The van der Waals surface area contributed by atoms with Crippen LogP contribution in [-0.2, 0) is 14.9 Å². The third-order valence-electron chi connectivity index (χ3n) is 1.08. The summed E-state index contributed by atoms with van der Waals surface area (Å²) in [6, 6.07) is 0. The summed E-state index contributed by atoms with van der Waals surface area (Å²) in [5, 5.41) is 0. The summed E-state index contributed by atoms with van der Waals surface area (Å²) in [6.07, 6.45) is -5.90. The van der Waals surface area contributed by atoms with Gasteiger partial charge in [0, 0.05) is 6.42 Å². The van der Waals surface area contributed by atoms with Crippen LogP contribution >= 0.6 is 0 Å². The number of nitrogens with one attached hydrogen (secondary N) is 1. The third-order valence-corrected chi connectivity index (χ3v) is 2.33. The summed E-state index contributed by atoms with van der Waals surface area (Å²) in [5.41, 5.74) is 0. The molecule has 0 saturated carbocycles. The van der Waals surface area contributed by atoms with Gasteiger partial charge in [-0.2, -0.15) is 13.2 Å². The molecular weight excluding hydrogens is 211 g/mol. The Morgan fingerprint density at radius 2 is 1.92 bits per heavy atom. The van der Waals surface area contributed by atoms with Crippen LogP contribution in [0.25, 0.3) is 0 Å². The van der Waals surface area contributed by atoms with E-state index in [4.69, 9.17) is 0 Å². The molecule has 0 unspecified atom stereocenters. The minimum absolute atomic E-state index is 0.470. The van der Waals surface area contributed by atoms with E-state index in [2.05, 4.69) is 4.84 Å². The second-order valence-electron chi connectivity index (χ2n) is 2.33. The number of alkyl halides is 3. The van der Waals surface area contributed by atoms with Crippen LogP contribution in [0.4, 0.5) is 13.2 Å². The van der Waals surface area contributed by atoms with Gasteiger partial charge in [-0.3, -0.25) is 4.84 Å². The zero-order chi connectivity index (χ0) is 10.5. The van der Waals surface area contributed by atoms with Crippen LogP contribution in [0.1, 0.15) is 12.8 Å². The largest absolute Gasteiger partial charge is 0.389 e. The molecule has 0 spiro atoms. The first kappa shape index (κ1) is 12.7. The topological polar surface area (TPSA) is 55.4 Å². The average molecular weight is 221 g/mol. The fourth-order valence-corrected chi connectivity index (χ4v) is 1.49. The minimum Gasteiger partial charge on any atom is -0.290 e. The Balaban J connectivity index is 3.77. The van der Waals surface area contributed by atoms with Crippen molar-refractivity contribution in [2.75, 3.05) is 12.9 Å². The fourth-order valence-electron chi connectivity index (χ4n) is 0.631. The maximum Gasteiger partial charge on any atom is 0.389 e. The Hall–Kier alpha value is -0.340. The van der Waals surface area contributed by atoms with Gasteiger partial charge in [-0.05, 0) is 6.42 Å². The first-order valence-corrected chi connectivity index (χ1v) is 5.01. The van der Waals surface area contributed by atoms with Crippen molar-refractivity contribution in [3.05, 3.63) is 0 Å². The van der Waals surface area contributed by atoms with Crippen LogP contribution in [0.2, 0.25) is 0 Å². The maximum absolute atomic E-state index is 11.6. The lowest BCUT2D eigenvalue weighted by molar-refractivity contribution is -0.134. The SMILES string of the molecule is CONS(=O)(=O)CCCC(F)(F)F. The van der Waals surface area contributed by atoms with E-state index in [0.29, 0.717) is 0 Å². The first-order chi connectivity index (χ1) is 5.77. The zero-order valence-corrected chi connectivity index (χ0v) is 7.70. The quantitative estimate of drug-likeness (QED) is 0.699. The lowest BCUT2D eigenvalue weighted by atomic mass is 10.3. The number of hydrogen-bond donors (Lipinski definition) is 1. The van der Waals surface area contributed by atoms with Crippen LogP contribution in [0.15, 0.2) is 0 Å². The molecule has 0 aromatic heterocycles. The molecule has 0 aliphatic heterocycles. The molecule has 0 aromatic rings. The maximum atomic E-state index is 11.6. The normalized spacial score (nSPS) is 13.2. The second kappa shape index (κ2) is 4.77. The van der Waals surface area contributed by atoms with Gasteiger partial charge in [0.2, 0.25) is 10.0 Å². The summed E-state index contributed by atoms with van der Waals surface area (Å²) in [4.78, 5) is 5.68. The number of rotatable bonds is 5. The predicted molar refractivity (Wildman–Crippen MR) is 39.2 cm³/mol. The number of hydrogen-bond acceptors (Lipinski definition) is 3. The molecule has 0 heterocycles. The van der Waals surface area contributed by atoms with E-state index in [-0.39, 0.29) is 0 Å². The van der Waals surface area contributed by atoms with E-state index in [9.17, 15) is 21.6 Å². The lowest BCUT2D eigenvalue weighted by Crippen LogP contribution is -2.26. The van der Waals surface area contributed by atoms with Gasteiger partial charge in [0.15, 0.2) is 0 Å². The number of halogens is 3. The lowest BCUT2D eigenvalue weighted by Gasteiger charge is -2.06. The predicted octanol–water partition coefficient (Wildman–Crippen LogP) is 0.810. The summed E-state index contributed by atoms with van der Waals surface area (Å²) < 4.78 is 56.1. The molecule has 0 rings (SSSR count). The molecule has 0 aliphatic carbocycles.